The predicted molar refractivity (Wildman–Crippen MR) is 142 cm³/mol. The molecule has 36 heavy (non-hydrogen) atoms. The SMILES string of the molecule is CCOC(=O)c1ccc2sc(SC(=O)CCC(=O)Sc3nc4cc(C(=O)OCC)ccc4s3)nc2c1. The lowest BCUT2D eigenvalue weighted by molar-refractivity contribution is -0.115. The molecule has 0 aliphatic heterocycles. The maximum atomic E-state index is 12.4. The summed E-state index contributed by atoms with van der Waals surface area (Å²) in [5.41, 5.74) is 2.06. The van der Waals surface area contributed by atoms with Crippen molar-refractivity contribution in [2.75, 3.05) is 13.2 Å². The van der Waals surface area contributed by atoms with E-state index in [1.807, 2.05) is 0 Å². The molecule has 0 unspecified atom stereocenters. The molecule has 0 spiro atoms. The molecule has 0 fully saturated rings. The number of rotatable bonds is 9. The smallest absolute Gasteiger partial charge is 0.338 e. The van der Waals surface area contributed by atoms with Crippen LogP contribution in [0.5, 0.6) is 0 Å². The van der Waals surface area contributed by atoms with Crippen LogP contribution < -0.4 is 0 Å². The molecule has 2 heterocycles. The molecular formula is C24H20N2O6S4. The van der Waals surface area contributed by atoms with Crippen LogP contribution in [0.15, 0.2) is 45.1 Å². The molecule has 12 heteroatoms. The van der Waals surface area contributed by atoms with Gasteiger partial charge in [-0.1, -0.05) is 0 Å². The van der Waals surface area contributed by atoms with E-state index in [0.717, 1.165) is 32.9 Å². The van der Waals surface area contributed by atoms with Crippen LogP contribution in [0.4, 0.5) is 0 Å². The molecule has 0 amide bonds. The van der Waals surface area contributed by atoms with Crippen molar-refractivity contribution in [1.29, 1.82) is 0 Å². The molecule has 0 aliphatic rings. The minimum Gasteiger partial charge on any atom is -0.462 e. The molecule has 2 aromatic carbocycles. The van der Waals surface area contributed by atoms with E-state index in [4.69, 9.17) is 9.47 Å². The van der Waals surface area contributed by atoms with Crippen molar-refractivity contribution < 1.29 is 28.7 Å². The number of thioether (sulfide) groups is 2. The van der Waals surface area contributed by atoms with Crippen LogP contribution in [0.25, 0.3) is 20.4 Å². The summed E-state index contributed by atoms with van der Waals surface area (Å²) in [4.78, 5) is 57.5. The minimum absolute atomic E-state index is 0.0679. The Labute approximate surface area is 222 Å². The molecule has 0 N–H and O–H groups in total. The van der Waals surface area contributed by atoms with Gasteiger partial charge in [-0.15, -0.1) is 22.7 Å². The van der Waals surface area contributed by atoms with E-state index in [-0.39, 0.29) is 36.3 Å². The Hall–Kier alpha value is -2.80. The van der Waals surface area contributed by atoms with Gasteiger partial charge in [0, 0.05) is 12.8 Å². The molecule has 4 rings (SSSR count). The van der Waals surface area contributed by atoms with E-state index in [1.165, 1.54) is 22.7 Å². The average Bonchev–Trinajstić information content (AvgIpc) is 3.44. The highest BCUT2D eigenvalue weighted by Crippen LogP contribution is 2.33. The Bertz CT molecular complexity index is 1350. The highest BCUT2D eigenvalue weighted by atomic mass is 32.2. The summed E-state index contributed by atoms with van der Waals surface area (Å²) in [5, 5.41) is -0.339. The van der Waals surface area contributed by atoms with Crippen LogP contribution in [0.3, 0.4) is 0 Å². The first-order chi connectivity index (χ1) is 17.4. The second kappa shape index (κ2) is 12.0. The lowest BCUT2D eigenvalue weighted by atomic mass is 10.2. The predicted octanol–water partition coefficient (Wildman–Crippen LogP) is 5.98. The fourth-order valence-corrected chi connectivity index (χ4v) is 6.95. The van der Waals surface area contributed by atoms with Crippen LogP contribution in [-0.4, -0.2) is 45.4 Å². The van der Waals surface area contributed by atoms with Crippen LogP contribution in [0.1, 0.15) is 47.4 Å². The first kappa shape index (κ1) is 26.3. The Morgan fingerprint density at radius 1 is 0.722 bits per heavy atom. The summed E-state index contributed by atoms with van der Waals surface area (Å²) in [7, 11) is 0. The van der Waals surface area contributed by atoms with Gasteiger partial charge in [-0.2, -0.15) is 0 Å². The van der Waals surface area contributed by atoms with Crippen LogP contribution in [0, 0.1) is 0 Å². The maximum absolute atomic E-state index is 12.4. The van der Waals surface area contributed by atoms with Crippen LogP contribution >= 0.6 is 46.2 Å². The van der Waals surface area contributed by atoms with Gasteiger partial charge in [0.15, 0.2) is 18.9 Å². The first-order valence-electron chi connectivity index (χ1n) is 10.9. The monoisotopic (exact) mass is 560 g/mol. The largest absolute Gasteiger partial charge is 0.462 e. The van der Waals surface area contributed by atoms with Crippen molar-refractivity contribution >= 4 is 88.8 Å². The van der Waals surface area contributed by atoms with E-state index in [1.54, 1.807) is 50.2 Å². The molecule has 0 saturated heterocycles. The van der Waals surface area contributed by atoms with Gasteiger partial charge < -0.3 is 9.47 Å². The minimum atomic E-state index is -0.416. The molecule has 8 nitrogen and oxygen atoms in total. The molecule has 4 aromatic rings. The summed E-state index contributed by atoms with van der Waals surface area (Å²) in [6.45, 7) is 4.06. The number of esters is 2. The summed E-state index contributed by atoms with van der Waals surface area (Å²) in [5.74, 6) is -0.831. The van der Waals surface area contributed by atoms with Crippen LogP contribution in [-0.2, 0) is 19.1 Å². The normalized spacial score (nSPS) is 11.1. The second-order valence-corrected chi connectivity index (χ2v) is 11.9. The van der Waals surface area contributed by atoms with Crippen molar-refractivity contribution in [1.82, 2.24) is 9.97 Å². The molecule has 0 atom stereocenters. The molecular weight excluding hydrogens is 541 g/mol. The number of benzene rings is 2. The van der Waals surface area contributed by atoms with Crippen molar-refractivity contribution in [3.63, 3.8) is 0 Å². The van der Waals surface area contributed by atoms with Crippen molar-refractivity contribution in [3.05, 3.63) is 47.5 Å². The quantitative estimate of drug-likeness (QED) is 0.179. The highest BCUT2D eigenvalue weighted by Gasteiger charge is 2.17. The van der Waals surface area contributed by atoms with E-state index >= 15 is 0 Å². The number of aromatic nitrogens is 2. The number of ether oxygens (including phenoxy) is 2. The fraction of sp³-hybridized carbons (Fsp3) is 0.250. The van der Waals surface area contributed by atoms with Gasteiger partial charge in [0.2, 0.25) is 0 Å². The van der Waals surface area contributed by atoms with E-state index in [0.29, 0.717) is 30.8 Å². The average molecular weight is 561 g/mol. The van der Waals surface area contributed by atoms with Crippen molar-refractivity contribution in [2.24, 2.45) is 0 Å². The summed E-state index contributed by atoms with van der Waals surface area (Å²) in [6, 6.07) is 10.2. The standard InChI is InChI=1S/C24H20N2O6S4/c1-3-31-21(29)13-5-7-17-15(11-13)25-23(33-17)35-19(27)9-10-20(28)36-24-26-16-12-14(22(30)32-4-2)6-8-18(16)34-24/h5-8,11-12H,3-4,9-10H2,1-2H3. The third-order valence-corrected chi connectivity index (χ3v) is 8.75. The number of hydrogen-bond acceptors (Lipinski definition) is 12. The van der Waals surface area contributed by atoms with Gasteiger partial charge in [0.1, 0.15) is 0 Å². The second-order valence-electron chi connectivity index (χ2n) is 7.21. The van der Waals surface area contributed by atoms with Crippen molar-refractivity contribution in [3.8, 4) is 0 Å². The lowest BCUT2D eigenvalue weighted by Crippen LogP contribution is -2.03. The molecule has 0 saturated carbocycles. The van der Waals surface area contributed by atoms with Gasteiger partial charge in [-0.05, 0) is 73.8 Å². The summed E-state index contributed by atoms with van der Waals surface area (Å²) >= 11 is 4.68. The summed E-state index contributed by atoms with van der Waals surface area (Å²) in [6.07, 6.45) is 0.136. The van der Waals surface area contributed by atoms with E-state index in [2.05, 4.69) is 9.97 Å². The topological polar surface area (TPSA) is 113 Å². The molecule has 0 aliphatic carbocycles. The summed E-state index contributed by atoms with van der Waals surface area (Å²) < 4.78 is 12.8. The van der Waals surface area contributed by atoms with Crippen LogP contribution in [0.2, 0.25) is 0 Å². The highest BCUT2D eigenvalue weighted by molar-refractivity contribution is 8.15. The first-order valence-corrected chi connectivity index (χ1v) is 14.2. The third kappa shape index (κ3) is 6.49. The fourth-order valence-electron chi connectivity index (χ4n) is 3.08. The Morgan fingerprint density at radius 3 is 1.53 bits per heavy atom. The van der Waals surface area contributed by atoms with Crippen molar-refractivity contribution in [2.45, 2.75) is 35.4 Å². The van der Waals surface area contributed by atoms with Gasteiger partial charge in [-0.25, -0.2) is 19.6 Å². The molecule has 0 radical (unpaired) electrons. The Kier molecular flexibility index (Phi) is 8.72. The number of thiazole rings is 2. The van der Waals surface area contributed by atoms with Gasteiger partial charge in [-0.3, -0.25) is 9.59 Å². The van der Waals surface area contributed by atoms with E-state index in [9.17, 15) is 19.2 Å². The zero-order valence-electron chi connectivity index (χ0n) is 19.3. The molecule has 2 aromatic heterocycles. The van der Waals surface area contributed by atoms with Gasteiger partial charge in [0.25, 0.3) is 0 Å². The molecule has 186 valence electrons. The van der Waals surface area contributed by atoms with Gasteiger partial charge in [0.05, 0.1) is 44.8 Å². The number of fused-ring (bicyclic) bond motifs is 2. The number of carbonyl (C=O) groups excluding carboxylic acids is 4. The number of nitrogens with zero attached hydrogens (tertiary/aromatic N) is 2. The molecule has 0 bridgehead atoms. The lowest BCUT2D eigenvalue weighted by Gasteiger charge is -2.00. The zero-order chi connectivity index (χ0) is 25.7. The Morgan fingerprint density at radius 2 is 1.14 bits per heavy atom. The third-order valence-electron chi connectivity index (χ3n) is 4.69. The number of carbonyl (C=O) groups is 4. The zero-order valence-corrected chi connectivity index (χ0v) is 22.5. The number of hydrogen-bond donors (Lipinski definition) is 0. The van der Waals surface area contributed by atoms with Gasteiger partial charge >= 0.3 is 11.9 Å². The van der Waals surface area contributed by atoms with E-state index < -0.39 is 11.9 Å². The Balaban J connectivity index is 1.31. The maximum Gasteiger partial charge on any atom is 0.338 e.